The van der Waals surface area contributed by atoms with Gasteiger partial charge in [-0.25, -0.2) is 0 Å². The van der Waals surface area contributed by atoms with Gasteiger partial charge in [-0.2, -0.15) is 0 Å². The zero-order valence-electron chi connectivity index (χ0n) is 11.2. The Morgan fingerprint density at radius 1 is 1.14 bits per heavy atom. The SMILES string of the molecule is COc1ccc(NC(=O)COc2ccc(Br)cc2Br)cc1. The van der Waals surface area contributed by atoms with Crippen LogP contribution >= 0.6 is 31.9 Å². The quantitative estimate of drug-likeness (QED) is 0.795. The van der Waals surface area contributed by atoms with Crippen molar-refractivity contribution in [3.8, 4) is 11.5 Å². The summed E-state index contributed by atoms with van der Waals surface area (Å²) in [6.45, 7) is -0.0632. The average molecular weight is 415 g/mol. The Morgan fingerprint density at radius 3 is 2.48 bits per heavy atom. The Labute approximate surface area is 139 Å². The number of hydrogen-bond acceptors (Lipinski definition) is 3. The lowest BCUT2D eigenvalue weighted by molar-refractivity contribution is -0.118. The molecule has 0 aliphatic carbocycles. The molecule has 2 aromatic carbocycles. The van der Waals surface area contributed by atoms with Crippen molar-refractivity contribution in [2.24, 2.45) is 0 Å². The van der Waals surface area contributed by atoms with E-state index in [-0.39, 0.29) is 12.5 Å². The van der Waals surface area contributed by atoms with E-state index in [2.05, 4.69) is 37.2 Å². The maximum absolute atomic E-state index is 11.8. The molecule has 0 atom stereocenters. The fourth-order valence-corrected chi connectivity index (χ4v) is 2.77. The van der Waals surface area contributed by atoms with Crippen molar-refractivity contribution in [2.75, 3.05) is 19.0 Å². The predicted octanol–water partition coefficient (Wildman–Crippen LogP) is 4.24. The van der Waals surface area contributed by atoms with E-state index in [0.717, 1.165) is 14.7 Å². The molecule has 1 amide bonds. The molecule has 0 aromatic heterocycles. The standard InChI is InChI=1S/C15H13Br2NO3/c1-20-12-5-3-11(4-6-12)18-15(19)9-21-14-7-2-10(16)8-13(14)17/h2-8H,9H2,1H3,(H,18,19). The van der Waals surface area contributed by atoms with Crippen LogP contribution < -0.4 is 14.8 Å². The second-order valence-electron chi connectivity index (χ2n) is 4.14. The summed E-state index contributed by atoms with van der Waals surface area (Å²) in [5.74, 6) is 1.13. The molecule has 0 aliphatic rings. The van der Waals surface area contributed by atoms with Crippen molar-refractivity contribution < 1.29 is 14.3 Å². The molecule has 0 unspecified atom stereocenters. The van der Waals surface area contributed by atoms with Crippen LogP contribution in [0.25, 0.3) is 0 Å². The van der Waals surface area contributed by atoms with Gasteiger partial charge in [-0.1, -0.05) is 15.9 Å². The molecule has 0 bridgehead atoms. The Kier molecular flexibility index (Phi) is 5.64. The van der Waals surface area contributed by atoms with Gasteiger partial charge < -0.3 is 14.8 Å². The van der Waals surface area contributed by atoms with Crippen molar-refractivity contribution in [1.82, 2.24) is 0 Å². The molecule has 0 saturated heterocycles. The Bertz CT molecular complexity index is 629. The summed E-state index contributed by atoms with van der Waals surface area (Å²) >= 11 is 6.74. The summed E-state index contributed by atoms with van der Waals surface area (Å²) in [5.41, 5.74) is 0.694. The first-order valence-electron chi connectivity index (χ1n) is 6.10. The number of ether oxygens (including phenoxy) is 2. The van der Waals surface area contributed by atoms with Crippen LogP contribution in [0.15, 0.2) is 51.4 Å². The van der Waals surface area contributed by atoms with Crippen LogP contribution in [0.1, 0.15) is 0 Å². The molecule has 0 aliphatic heterocycles. The minimum atomic E-state index is -0.227. The van der Waals surface area contributed by atoms with Gasteiger partial charge in [0.15, 0.2) is 6.61 Å². The van der Waals surface area contributed by atoms with Gasteiger partial charge in [0.25, 0.3) is 5.91 Å². The fourth-order valence-electron chi connectivity index (χ4n) is 1.61. The zero-order valence-corrected chi connectivity index (χ0v) is 14.4. The van der Waals surface area contributed by atoms with Crippen LogP contribution in [0, 0.1) is 0 Å². The summed E-state index contributed by atoms with van der Waals surface area (Å²) in [5, 5.41) is 2.75. The highest BCUT2D eigenvalue weighted by Crippen LogP contribution is 2.28. The number of rotatable bonds is 5. The molecule has 0 radical (unpaired) electrons. The first-order valence-corrected chi connectivity index (χ1v) is 7.69. The Morgan fingerprint density at radius 2 is 1.86 bits per heavy atom. The summed E-state index contributed by atoms with van der Waals surface area (Å²) < 4.78 is 12.2. The molecule has 0 fully saturated rings. The number of benzene rings is 2. The number of methoxy groups -OCH3 is 1. The van der Waals surface area contributed by atoms with Gasteiger partial charge in [0.05, 0.1) is 11.6 Å². The molecule has 2 rings (SSSR count). The third-order valence-electron chi connectivity index (χ3n) is 2.63. The molecule has 6 heteroatoms. The third kappa shape index (κ3) is 4.75. The Balaban J connectivity index is 1.89. The van der Waals surface area contributed by atoms with Crippen molar-refractivity contribution >= 4 is 43.5 Å². The normalized spacial score (nSPS) is 10.0. The lowest BCUT2D eigenvalue weighted by Gasteiger charge is -2.09. The van der Waals surface area contributed by atoms with Crippen LogP contribution in [-0.4, -0.2) is 19.6 Å². The average Bonchev–Trinajstić information content (AvgIpc) is 2.47. The lowest BCUT2D eigenvalue weighted by Crippen LogP contribution is -2.20. The highest BCUT2D eigenvalue weighted by atomic mass is 79.9. The van der Waals surface area contributed by atoms with Crippen molar-refractivity contribution in [2.45, 2.75) is 0 Å². The number of carbonyl (C=O) groups excluding carboxylic acids is 1. The van der Waals surface area contributed by atoms with Gasteiger partial charge in [-0.3, -0.25) is 4.79 Å². The van der Waals surface area contributed by atoms with Gasteiger partial charge in [0.1, 0.15) is 11.5 Å². The fraction of sp³-hybridized carbons (Fsp3) is 0.133. The summed E-state index contributed by atoms with van der Waals surface area (Å²) in [6.07, 6.45) is 0. The minimum absolute atomic E-state index is 0.0632. The highest BCUT2D eigenvalue weighted by molar-refractivity contribution is 9.11. The van der Waals surface area contributed by atoms with E-state index in [1.807, 2.05) is 12.1 Å². The minimum Gasteiger partial charge on any atom is -0.497 e. The van der Waals surface area contributed by atoms with Crippen LogP contribution in [0.5, 0.6) is 11.5 Å². The molecular weight excluding hydrogens is 402 g/mol. The van der Waals surface area contributed by atoms with Crippen LogP contribution in [0.4, 0.5) is 5.69 Å². The van der Waals surface area contributed by atoms with E-state index in [1.54, 1.807) is 37.4 Å². The second-order valence-corrected chi connectivity index (χ2v) is 5.91. The van der Waals surface area contributed by atoms with Gasteiger partial charge in [0.2, 0.25) is 0 Å². The second kappa shape index (κ2) is 7.47. The third-order valence-corrected chi connectivity index (χ3v) is 3.74. The predicted molar refractivity (Wildman–Crippen MR) is 89.0 cm³/mol. The Hall–Kier alpha value is -1.53. The van der Waals surface area contributed by atoms with E-state index in [4.69, 9.17) is 9.47 Å². The van der Waals surface area contributed by atoms with Gasteiger partial charge in [-0.15, -0.1) is 0 Å². The van der Waals surface area contributed by atoms with Gasteiger partial charge >= 0.3 is 0 Å². The summed E-state index contributed by atoms with van der Waals surface area (Å²) in [4.78, 5) is 11.8. The number of amides is 1. The number of nitrogens with one attached hydrogen (secondary N) is 1. The van der Waals surface area contributed by atoms with Crippen molar-refractivity contribution in [3.63, 3.8) is 0 Å². The molecule has 0 heterocycles. The first-order chi connectivity index (χ1) is 10.1. The summed E-state index contributed by atoms with van der Waals surface area (Å²) in [7, 11) is 1.59. The summed E-state index contributed by atoms with van der Waals surface area (Å²) in [6, 6.07) is 12.6. The van der Waals surface area contributed by atoms with Crippen LogP contribution in [0.3, 0.4) is 0 Å². The highest BCUT2D eigenvalue weighted by Gasteiger charge is 2.06. The van der Waals surface area contributed by atoms with E-state index in [9.17, 15) is 4.79 Å². The molecule has 2 aromatic rings. The molecule has 1 N–H and O–H groups in total. The van der Waals surface area contributed by atoms with Gasteiger partial charge in [0, 0.05) is 10.2 Å². The van der Waals surface area contributed by atoms with E-state index in [1.165, 1.54) is 0 Å². The number of halogens is 2. The van der Waals surface area contributed by atoms with Crippen LogP contribution in [0.2, 0.25) is 0 Å². The maximum Gasteiger partial charge on any atom is 0.262 e. The van der Waals surface area contributed by atoms with Crippen molar-refractivity contribution in [1.29, 1.82) is 0 Å². The molecule has 110 valence electrons. The molecule has 0 spiro atoms. The molecule has 4 nitrogen and oxygen atoms in total. The number of anilines is 1. The lowest BCUT2D eigenvalue weighted by atomic mass is 10.3. The first kappa shape index (κ1) is 15.9. The van der Waals surface area contributed by atoms with E-state index in [0.29, 0.717) is 11.4 Å². The largest absolute Gasteiger partial charge is 0.497 e. The zero-order chi connectivity index (χ0) is 15.2. The smallest absolute Gasteiger partial charge is 0.262 e. The topological polar surface area (TPSA) is 47.6 Å². The molecular formula is C15H13Br2NO3. The number of carbonyl (C=O) groups is 1. The van der Waals surface area contributed by atoms with Crippen LogP contribution in [-0.2, 0) is 4.79 Å². The van der Waals surface area contributed by atoms with E-state index < -0.39 is 0 Å². The van der Waals surface area contributed by atoms with E-state index >= 15 is 0 Å². The monoisotopic (exact) mass is 413 g/mol. The number of hydrogen-bond donors (Lipinski definition) is 1. The molecule has 0 saturated carbocycles. The van der Waals surface area contributed by atoms with Gasteiger partial charge in [-0.05, 0) is 58.4 Å². The maximum atomic E-state index is 11.8. The van der Waals surface area contributed by atoms with Crippen molar-refractivity contribution in [3.05, 3.63) is 51.4 Å². The molecule has 21 heavy (non-hydrogen) atoms.